The first-order chi connectivity index (χ1) is 10.5. The molecule has 0 saturated carbocycles. The summed E-state index contributed by atoms with van der Waals surface area (Å²) in [6.07, 6.45) is 3.55. The van der Waals surface area contributed by atoms with E-state index in [0.29, 0.717) is 17.7 Å². The minimum Gasteiger partial charge on any atom is -0.356 e. The number of aromatic nitrogens is 1. The van der Waals surface area contributed by atoms with E-state index < -0.39 is 0 Å². The monoisotopic (exact) mass is 325 g/mol. The third-order valence-electron chi connectivity index (χ3n) is 2.91. The number of pyridine rings is 1. The minimum atomic E-state index is -0.0282. The molecule has 0 unspecified atom stereocenters. The topological polar surface area (TPSA) is 69.6 Å². The van der Waals surface area contributed by atoms with Crippen LogP contribution in [0, 0.1) is 0 Å². The van der Waals surface area contributed by atoms with E-state index in [0.717, 1.165) is 24.9 Å². The summed E-state index contributed by atoms with van der Waals surface area (Å²) in [7, 11) is 3.44. The molecule has 1 aromatic rings. The van der Waals surface area contributed by atoms with Crippen LogP contribution in [0.2, 0.25) is 5.15 Å². The van der Waals surface area contributed by atoms with Gasteiger partial charge in [0.05, 0.1) is 0 Å². The average molecular weight is 326 g/mol. The lowest BCUT2D eigenvalue weighted by Gasteiger charge is -2.13. The average Bonchev–Trinajstić information content (AvgIpc) is 2.50. The van der Waals surface area contributed by atoms with Crippen molar-refractivity contribution in [2.24, 2.45) is 4.99 Å². The first-order valence-electron chi connectivity index (χ1n) is 7.35. The van der Waals surface area contributed by atoms with E-state index in [4.69, 9.17) is 11.6 Å². The summed E-state index contributed by atoms with van der Waals surface area (Å²) in [5, 5.41) is 6.90. The molecule has 0 aliphatic carbocycles. The molecular formula is C15H24ClN5O. The van der Waals surface area contributed by atoms with Crippen LogP contribution in [0.15, 0.2) is 23.3 Å². The Labute approximate surface area is 137 Å². The summed E-state index contributed by atoms with van der Waals surface area (Å²) < 4.78 is 0. The number of guanidine groups is 1. The lowest BCUT2D eigenvalue weighted by Crippen LogP contribution is -2.39. The highest BCUT2D eigenvalue weighted by molar-refractivity contribution is 6.29. The summed E-state index contributed by atoms with van der Waals surface area (Å²) in [6, 6.07) is 3.72. The molecule has 7 heteroatoms. The van der Waals surface area contributed by atoms with E-state index in [2.05, 4.69) is 27.5 Å². The molecule has 6 nitrogen and oxygen atoms in total. The number of likely N-dealkylation sites (N-methyl/N-ethyl adjacent to an activating group) is 1. The van der Waals surface area contributed by atoms with Gasteiger partial charge in [-0.2, -0.15) is 0 Å². The van der Waals surface area contributed by atoms with Crippen molar-refractivity contribution in [3.8, 4) is 0 Å². The van der Waals surface area contributed by atoms with Crippen molar-refractivity contribution in [1.29, 1.82) is 0 Å². The van der Waals surface area contributed by atoms with Gasteiger partial charge in [0.1, 0.15) is 11.7 Å². The molecule has 0 atom stereocenters. The zero-order chi connectivity index (χ0) is 16.4. The molecular weight excluding hydrogens is 302 g/mol. The number of halogens is 1. The maximum atomic E-state index is 11.6. The van der Waals surface area contributed by atoms with Crippen molar-refractivity contribution in [2.45, 2.75) is 19.8 Å². The van der Waals surface area contributed by atoms with Gasteiger partial charge in [-0.25, -0.2) is 9.98 Å². The molecule has 1 aromatic heterocycles. The number of hydrogen-bond donors (Lipinski definition) is 2. The molecule has 0 bridgehead atoms. The normalized spacial score (nSPS) is 11.2. The molecule has 0 radical (unpaired) electrons. The van der Waals surface area contributed by atoms with Gasteiger partial charge in [0.2, 0.25) is 5.91 Å². The van der Waals surface area contributed by atoms with Crippen LogP contribution in [0.1, 0.15) is 18.9 Å². The van der Waals surface area contributed by atoms with Gasteiger partial charge in [0.15, 0.2) is 5.96 Å². The summed E-state index contributed by atoms with van der Waals surface area (Å²) in [4.78, 5) is 21.5. The summed E-state index contributed by atoms with van der Waals surface area (Å²) in [5.41, 5.74) is 1.09. The van der Waals surface area contributed by atoms with Crippen molar-refractivity contribution in [3.05, 3.63) is 29.0 Å². The lowest BCUT2D eigenvalue weighted by atomic mass is 10.2. The standard InChI is InChI=1S/C15H24ClN5O/c1-4-8-17-15(20-11-14(22)21(2)3)18-9-7-12-5-6-13(16)19-10-12/h5-6,10H,4,7-9,11H2,1-3H3,(H2,17,18,20). The number of carbonyl (C=O) groups is 1. The molecule has 2 N–H and O–H groups in total. The van der Waals surface area contributed by atoms with Gasteiger partial charge >= 0.3 is 0 Å². The zero-order valence-electron chi connectivity index (χ0n) is 13.4. The Kier molecular flexibility index (Phi) is 8.28. The van der Waals surface area contributed by atoms with E-state index >= 15 is 0 Å². The third-order valence-corrected chi connectivity index (χ3v) is 3.13. The second kappa shape index (κ2) is 10.00. The van der Waals surface area contributed by atoms with E-state index in [1.165, 1.54) is 4.90 Å². The summed E-state index contributed by atoms with van der Waals surface area (Å²) >= 11 is 5.76. The van der Waals surface area contributed by atoms with E-state index in [1.807, 2.05) is 6.07 Å². The van der Waals surface area contributed by atoms with Gasteiger partial charge in [0.25, 0.3) is 0 Å². The Hall–Kier alpha value is -1.82. The number of aliphatic imine (C=N–C) groups is 1. The second-order valence-corrected chi connectivity index (χ2v) is 5.43. The first-order valence-corrected chi connectivity index (χ1v) is 7.73. The van der Waals surface area contributed by atoms with Gasteiger partial charge in [-0.3, -0.25) is 4.79 Å². The maximum Gasteiger partial charge on any atom is 0.243 e. The Bertz CT molecular complexity index is 487. The first kappa shape index (κ1) is 18.2. The van der Waals surface area contributed by atoms with E-state index in [-0.39, 0.29) is 12.5 Å². The molecule has 0 saturated heterocycles. The molecule has 1 rings (SSSR count). The molecule has 22 heavy (non-hydrogen) atoms. The molecule has 122 valence electrons. The van der Waals surface area contributed by atoms with Crippen LogP contribution in [0.3, 0.4) is 0 Å². The maximum absolute atomic E-state index is 11.6. The molecule has 0 aromatic carbocycles. The largest absolute Gasteiger partial charge is 0.356 e. The lowest BCUT2D eigenvalue weighted by molar-refractivity contribution is -0.127. The number of amides is 1. The Morgan fingerprint density at radius 3 is 2.64 bits per heavy atom. The number of hydrogen-bond acceptors (Lipinski definition) is 3. The van der Waals surface area contributed by atoms with E-state index in [9.17, 15) is 4.79 Å². The minimum absolute atomic E-state index is 0.0282. The van der Waals surface area contributed by atoms with Crippen molar-refractivity contribution in [3.63, 3.8) is 0 Å². The van der Waals surface area contributed by atoms with Crippen molar-refractivity contribution in [1.82, 2.24) is 20.5 Å². The summed E-state index contributed by atoms with van der Waals surface area (Å²) in [6.45, 7) is 3.73. The van der Waals surface area contributed by atoms with Gasteiger partial charge in [-0.1, -0.05) is 24.6 Å². The fraction of sp³-hybridized carbons (Fsp3) is 0.533. The summed E-state index contributed by atoms with van der Waals surface area (Å²) in [5.74, 6) is 0.624. The second-order valence-electron chi connectivity index (χ2n) is 5.05. The predicted octanol–water partition coefficient (Wildman–Crippen LogP) is 1.31. The molecule has 1 amide bonds. The number of carbonyl (C=O) groups excluding carboxylic acids is 1. The Morgan fingerprint density at radius 2 is 2.05 bits per heavy atom. The predicted molar refractivity (Wildman–Crippen MR) is 90.2 cm³/mol. The van der Waals surface area contributed by atoms with Crippen molar-refractivity contribution >= 4 is 23.5 Å². The zero-order valence-corrected chi connectivity index (χ0v) is 14.2. The molecule has 0 fully saturated rings. The van der Waals surface area contributed by atoms with Crippen molar-refractivity contribution < 1.29 is 4.79 Å². The molecule has 0 spiro atoms. The van der Waals surface area contributed by atoms with Crippen LogP contribution < -0.4 is 10.6 Å². The fourth-order valence-electron chi connectivity index (χ4n) is 1.59. The molecule has 0 aliphatic heterocycles. The third kappa shape index (κ3) is 7.26. The van der Waals surface area contributed by atoms with Crippen LogP contribution in [0.5, 0.6) is 0 Å². The van der Waals surface area contributed by atoms with Gasteiger partial charge in [-0.05, 0) is 24.5 Å². The van der Waals surface area contributed by atoms with Crippen LogP contribution in [0.25, 0.3) is 0 Å². The highest BCUT2D eigenvalue weighted by Crippen LogP contribution is 2.05. The highest BCUT2D eigenvalue weighted by Gasteiger charge is 2.04. The fourth-order valence-corrected chi connectivity index (χ4v) is 1.70. The van der Waals surface area contributed by atoms with Crippen LogP contribution in [0.4, 0.5) is 0 Å². The van der Waals surface area contributed by atoms with Crippen LogP contribution >= 0.6 is 11.6 Å². The SMILES string of the molecule is CCCNC(=NCC(=O)N(C)C)NCCc1ccc(Cl)nc1. The quantitative estimate of drug-likeness (QED) is 0.450. The van der Waals surface area contributed by atoms with Gasteiger partial charge in [0, 0.05) is 33.4 Å². The highest BCUT2D eigenvalue weighted by atomic mass is 35.5. The van der Waals surface area contributed by atoms with Crippen LogP contribution in [-0.4, -0.2) is 55.5 Å². The number of nitrogens with one attached hydrogen (secondary N) is 2. The van der Waals surface area contributed by atoms with E-state index in [1.54, 1.807) is 26.4 Å². The van der Waals surface area contributed by atoms with Gasteiger partial charge < -0.3 is 15.5 Å². The molecule has 1 heterocycles. The smallest absolute Gasteiger partial charge is 0.243 e. The Balaban J connectivity index is 2.48. The molecule has 0 aliphatic rings. The van der Waals surface area contributed by atoms with Gasteiger partial charge in [-0.15, -0.1) is 0 Å². The number of rotatable bonds is 7. The Morgan fingerprint density at radius 1 is 1.32 bits per heavy atom. The van der Waals surface area contributed by atoms with Crippen molar-refractivity contribution in [2.75, 3.05) is 33.7 Å². The van der Waals surface area contributed by atoms with Crippen LogP contribution in [-0.2, 0) is 11.2 Å². The number of nitrogens with zero attached hydrogens (tertiary/aromatic N) is 3.